The van der Waals surface area contributed by atoms with Gasteiger partial charge in [-0.2, -0.15) is 0 Å². The van der Waals surface area contributed by atoms with Gasteiger partial charge in [0.05, 0.1) is 0 Å². The van der Waals surface area contributed by atoms with Crippen molar-refractivity contribution in [1.82, 2.24) is 10.2 Å². The summed E-state index contributed by atoms with van der Waals surface area (Å²) in [6.45, 7) is 3.34. The van der Waals surface area contributed by atoms with Crippen molar-refractivity contribution in [2.45, 2.75) is 57.4 Å². The van der Waals surface area contributed by atoms with E-state index in [9.17, 15) is 9.59 Å². The predicted molar refractivity (Wildman–Crippen MR) is 72.4 cm³/mol. The molecule has 1 heterocycles. The lowest BCUT2D eigenvalue weighted by Crippen LogP contribution is -2.56. The van der Waals surface area contributed by atoms with E-state index in [1.54, 1.807) is 0 Å². The smallest absolute Gasteiger partial charge is 0.248 e. The molecule has 1 N–H and O–H groups in total. The van der Waals surface area contributed by atoms with E-state index >= 15 is 0 Å². The lowest BCUT2D eigenvalue weighted by Gasteiger charge is -2.32. The van der Waals surface area contributed by atoms with Gasteiger partial charge >= 0.3 is 0 Å². The summed E-state index contributed by atoms with van der Waals surface area (Å²) in [6.07, 6.45) is 7.66. The molecule has 2 aliphatic carbocycles. The van der Waals surface area contributed by atoms with Gasteiger partial charge in [-0.3, -0.25) is 9.59 Å². The molecule has 106 valence electrons. The van der Waals surface area contributed by atoms with Crippen molar-refractivity contribution in [1.29, 1.82) is 0 Å². The van der Waals surface area contributed by atoms with Gasteiger partial charge in [-0.15, -0.1) is 0 Å². The van der Waals surface area contributed by atoms with Gasteiger partial charge in [-0.25, -0.2) is 0 Å². The van der Waals surface area contributed by atoms with Crippen LogP contribution >= 0.6 is 0 Å². The zero-order valence-electron chi connectivity index (χ0n) is 11.8. The largest absolute Gasteiger partial charge is 0.342 e. The normalized spacial score (nSPS) is 32.2. The Labute approximate surface area is 114 Å². The van der Waals surface area contributed by atoms with Crippen molar-refractivity contribution in [2.75, 3.05) is 13.1 Å². The summed E-state index contributed by atoms with van der Waals surface area (Å²) in [5.74, 6) is 1.45. The van der Waals surface area contributed by atoms with Gasteiger partial charge in [-0.1, -0.05) is 12.8 Å². The predicted octanol–water partition coefficient (Wildman–Crippen LogP) is 1.69. The molecule has 3 rings (SSSR count). The molecule has 4 heteroatoms. The first-order valence-corrected chi connectivity index (χ1v) is 7.70. The fourth-order valence-electron chi connectivity index (χ4n) is 3.20. The summed E-state index contributed by atoms with van der Waals surface area (Å²) < 4.78 is 0. The third-order valence-corrected chi connectivity index (χ3v) is 4.87. The van der Waals surface area contributed by atoms with E-state index < -0.39 is 5.54 Å². The summed E-state index contributed by atoms with van der Waals surface area (Å²) in [5, 5.41) is 2.98. The maximum Gasteiger partial charge on any atom is 0.248 e. The van der Waals surface area contributed by atoms with E-state index in [4.69, 9.17) is 0 Å². The van der Waals surface area contributed by atoms with Crippen LogP contribution < -0.4 is 5.32 Å². The highest BCUT2D eigenvalue weighted by molar-refractivity contribution is 5.93. The second-order valence-electron chi connectivity index (χ2n) is 6.65. The molecule has 1 saturated heterocycles. The Hall–Kier alpha value is -1.06. The van der Waals surface area contributed by atoms with Crippen LogP contribution in [0.5, 0.6) is 0 Å². The number of hydrogen-bond acceptors (Lipinski definition) is 2. The number of amides is 2. The number of carbonyl (C=O) groups is 2. The highest BCUT2D eigenvalue weighted by Crippen LogP contribution is 2.41. The molecular formula is C15H24N2O2. The highest BCUT2D eigenvalue weighted by Gasteiger charge is 2.50. The minimum atomic E-state index is -0.632. The molecule has 0 spiro atoms. The van der Waals surface area contributed by atoms with Crippen LogP contribution in [-0.4, -0.2) is 35.3 Å². The molecule has 0 radical (unpaired) electrons. The van der Waals surface area contributed by atoms with E-state index in [-0.39, 0.29) is 11.8 Å². The maximum atomic E-state index is 12.7. The van der Waals surface area contributed by atoms with Gasteiger partial charge in [0.1, 0.15) is 5.54 Å². The summed E-state index contributed by atoms with van der Waals surface area (Å²) in [4.78, 5) is 26.5. The Morgan fingerprint density at radius 2 is 2.00 bits per heavy atom. The van der Waals surface area contributed by atoms with Crippen LogP contribution in [0.25, 0.3) is 0 Å². The van der Waals surface area contributed by atoms with Crippen molar-refractivity contribution in [3.05, 3.63) is 0 Å². The first-order chi connectivity index (χ1) is 9.09. The van der Waals surface area contributed by atoms with Crippen molar-refractivity contribution < 1.29 is 9.59 Å². The Bertz CT molecular complexity index is 388. The average Bonchev–Trinajstić information content (AvgIpc) is 3.23. The van der Waals surface area contributed by atoms with Crippen molar-refractivity contribution in [3.8, 4) is 0 Å². The standard InChI is InChI=1S/C15H24N2O2/c1-15(12-6-7-12)14(19)17(10-8-13(18)16-15)9-2-3-11-4-5-11/h11-12H,2-10H2,1H3,(H,16,18). The number of hydrogen-bond donors (Lipinski definition) is 1. The summed E-state index contributed by atoms with van der Waals surface area (Å²) >= 11 is 0. The first-order valence-electron chi connectivity index (χ1n) is 7.70. The number of rotatable bonds is 5. The third-order valence-electron chi connectivity index (χ3n) is 4.87. The van der Waals surface area contributed by atoms with Gasteiger partial charge in [0.2, 0.25) is 11.8 Å². The maximum absolute atomic E-state index is 12.7. The van der Waals surface area contributed by atoms with E-state index in [2.05, 4.69) is 5.32 Å². The van der Waals surface area contributed by atoms with Crippen molar-refractivity contribution >= 4 is 11.8 Å². The molecule has 1 aliphatic heterocycles. The van der Waals surface area contributed by atoms with Crippen LogP contribution in [0, 0.1) is 11.8 Å². The van der Waals surface area contributed by atoms with Gasteiger partial charge in [0.25, 0.3) is 0 Å². The SMILES string of the molecule is CC1(C2CC2)NC(=O)CCN(CCCC2CC2)C1=O. The lowest BCUT2D eigenvalue weighted by atomic mass is 9.94. The molecule has 4 nitrogen and oxygen atoms in total. The fraction of sp³-hybridized carbons (Fsp3) is 0.867. The average molecular weight is 264 g/mol. The molecule has 0 aromatic heterocycles. The highest BCUT2D eigenvalue weighted by atomic mass is 16.2. The minimum absolute atomic E-state index is 0.0347. The fourth-order valence-corrected chi connectivity index (χ4v) is 3.20. The molecule has 19 heavy (non-hydrogen) atoms. The molecule has 0 aromatic rings. The van der Waals surface area contributed by atoms with E-state index in [1.807, 2.05) is 11.8 Å². The number of nitrogens with one attached hydrogen (secondary N) is 1. The van der Waals surface area contributed by atoms with Crippen LogP contribution in [0.15, 0.2) is 0 Å². The van der Waals surface area contributed by atoms with Crippen LogP contribution in [0.4, 0.5) is 0 Å². The van der Waals surface area contributed by atoms with Gasteiger partial charge < -0.3 is 10.2 Å². The van der Waals surface area contributed by atoms with Crippen molar-refractivity contribution in [2.24, 2.45) is 11.8 Å². The summed E-state index contributed by atoms with van der Waals surface area (Å²) in [6, 6.07) is 0. The molecule has 3 aliphatic rings. The second-order valence-corrected chi connectivity index (χ2v) is 6.65. The monoisotopic (exact) mass is 264 g/mol. The molecule has 0 aromatic carbocycles. The molecule has 1 unspecified atom stereocenters. The second kappa shape index (κ2) is 4.80. The van der Waals surface area contributed by atoms with Crippen LogP contribution in [0.3, 0.4) is 0 Å². The Morgan fingerprint density at radius 1 is 1.26 bits per heavy atom. The molecule has 0 bridgehead atoms. The molecule has 1 atom stereocenters. The van der Waals surface area contributed by atoms with E-state index in [0.717, 1.165) is 31.7 Å². The van der Waals surface area contributed by atoms with Gasteiger partial charge in [-0.05, 0) is 44.4 Å². The molecule has 2 amide bonds. The third kappa shape index (κ3) is 2.77. The van der Waals surface area contributed by atoms with Crippen molar-refractivity contribution in [3.63, 3.8) is 0 Å². The molecule has 3 fully saturated rings. The van der Waals surface area contributed by atoms with Crippen LogP contribution in [0.1, 0.15) is 51.9 Å². The Morgan fingerprint density at radius 3 is 2.63 bits per heavy atom. The Balaban J connectivity index is 1.64. The topological polar surface area (TPSA) is 49.4 Å². The molecule has 2 saturated carbocycles. The van der Waals surface area contributed by atoms with Gasteiger partial charge in [0, 0.05) is 19.5 Å². The quantitative estimate of drug-likeness (QED) is 0.821. The van der Waals surface area contributed by atoms with Crippen LogP contribution in [0.2, 0.25) is 0 Å². The first kappa shape index (κ1) is 12.9. The molecular weight excluding hydrogens is 240 g/mol. The summed E-state index contributed by atoms with van der Waals surface area (Å²) in [5.41, 5.74) is -0.632. The van der Waals surface area contributed by atoms with E-state index in [1.165, 1.54) is 19.3 Å². The minimum Gasteiger partial charge on any atom is -0.342 e. The Kier molecular flexibility index (Phi) is 3.27. The van der Waals surface area contributed by atoms with E-state index in [0.29, 0.717) is 18.9 Å². The lowest BCUT2D eigenvalue weighted by molar-refractivity contribution is -0.139. The number of carbonyl (C=O) groups excluding carboxylic acids is 2. The zero-order chi connectivity index (χ0) is 13.5. The summed E-state index contributed by atoms with van der Waals surface area (Å²) in [7, 11) is 0. The van der Waals surface area contributed by atoms with Gasteiger partial charge in [0.15, 0.2) is 0 Å². The zero-order valence-corrected chi connectivity index (χ0v) is 11.8. The number of nitrogens with zero attached hydrogens (tertiary/aromatic N) is 1. The van der Waals surface area contributed by atoms with Crippen LogP contribution in [-0.2, 0) is 9.59 Å².